The van der Waals surface area contributed by atoms with Gasteiger partial charge >= 0.3 is 5.97 Å². The maximum Gasteiger partial charge on any atom is 0.337 e. The number of ether oxygens (including phenoxy) is 1. The van der Waals surface area contributed by atoms with Gasteiger partial charge in [0.05, 0.1) is 5.56 Å². The summed E-state index contributed by atoms with van der Waals surface area (Å²) in [5.74, 6) is -0.857. The van der Waals surface area contributed by atoms with Crippen LogP contribution in [0.2, 0.25) is 0 Å². The Morgan fingerprint density at radius 3 is 2.69 bits per heavy atom. The van der Waals surface area contributed by atoms with Gasteiger partial charge in [-0.25, -0.2) is 4.79 Å². The molecule has 0 fully saturated rings. The summed E-state index contributed by atoms with van der Waals surface area (Å²) in [6, 6.07) is 1.72. The van der Waals surface area contributed by atoms with Crippen LogP contribution < -0.4 is 0 Å². The molecule has 4 heteroatoms. The molecule has 16 heavy (non-hydrogen) atoms. The number of nitrogens with zero attached hydrogens (tertiary/aromatic N) is 1. The first-order valence-corrected chi connectivity index (χ1v) is 5.55. The fraction of sp³-hybridized carbons (Fsp3) is 0.583. The van der Waals surface area contributed by atoms with Crippen LogP contribution in [0.3, 0.4) is 0 Å². The average Bonchev–Trinajstić information content (AvgIpc) is 2.51. The molecule has 0 aliphatic rings. The third kappa shape index (κ3) is 2.85. The molecule has 0 saturated heterocycles. The highest BCUT2D eigenvalue weighted by Crippen LogP contribution is 2.15. The van der Waals surface area contributed by atoms with Crippen LogP contribution in [0.15, 0.2) is 6.07 Å². The molecule has 0 aromatic carbocycles. The molecule has 0 bridgehead atoms. The molecule has 0 amide bonds. The quantitative estimate of drug-likeness (QED) is 0.755. The van der Waals surface area contributed by atoms with Crippen molar-refractivity contribution < 1.29 is 14.6 Å². The monoisotopic (exact) mass is 225 g/mol. The molecule has 90 valence electrons. The van der Waals surface area contributed by atoms with Crippen LogP contribution in [0.25, 0.3) is 0 Å². The van der Waals surface area contributed by atoms with Gasteiger partial charge in [-0.15, -0.1) is 0 Å². The van der Waals surface area contributed by atoms with Gasteiger partial charge in [-0.3, -0.25) is 0 Å². The number of carbonyl (C=O) groups is 1. The van der Waals surface area contributed by atoms with Crippen LogP contribution in [0.5, 0.6) is 0 Å². The Morgan fingerprint density at radius 1 is 1.50 bits per heavy atom. The van der Waals surface area contributed by atoms with E-state index in [1.54, 1.807) is 6.07 Å². The zero-order valence-electron chi connectivity index (χ0n) is 10.1. The molecule has 4 nitrogen and oxygen atoms in total. The zero-order chi connectivity index (χ0) is 12.1. The van der Waals surface area contributed by atoms with Crippen molar-refractivity contribution in [2.75, 3.05) is 13.2 Å². The number of carboxylic acids is 1. The Balaban J connectivity index is 2.69. The second-order valence-electron chi connectivity index (χ2n) is 3.79. The number of aryl methyl sites for hydroxylation is 1. The highest BCUT2D eigenvalue weighted by molar-refractivity contribution is 5.89. The number of aromatic nitrogens is 1. The Hall–Kier alpha value is -1.29. The first-order valence-electron chi connectivity index (χ1n) is 5.55. The molecular formula is C12H19NO3. The van der Waals surface area contributed by atoms with Gasteiger partial charge in [0.1, 0.15) is 0 Å². The molecule has 1 N–H and O–H groups in total. The standard InChI is InChI=1S/C12H19NO3/c1-4-16-7-5-6-13-9(2)8-11(10(13)3)12(14)15/h8H,4-7H2,1-3H3,(H,14,15). The Bertz CT molecular complexity index is 369. The van der Waals surface area contributed by atoms with E-state index in [0.717, 1.165) is 37.6 Å². The second-order valence-corrected chi connectivity index (χ2v) is 3.79. The van der Waals surface area contributed by atoms with E-state index in [9.17, 15) is 4.79 Å². The van der Waals surface area contributed by atoms with Crippen molar-refractivity contribution in [2.45, 2.75) is 33.7 Å². The van der Waals surface area contributed by atoms with Crippen molar-refractivity contribution in [1.29, 1.82) is 0 Å². The van der Waals surface area contributed by atoms with Gasteiger partial charge < -0.3 is 14.4 Å². The van der Waals surface area contributed by atoms with E-state index in [-0.39, 0.29) is 0 Å². The number of rotatable bonds is 6. The van der Waals surface area contributed by atoms with Crippen LogP contribution >= 0.6 is 0 Å². The number of hydrogen-bond acceptors (Lipinski definition) is 2. The lowest BCUT2D eigenvalue weighted by Crippen LogP contribution is -2.07. The summed E-state index contributed by atoms with van der Waals surface area (Å²) in [4.78, 5) is 10.9. The molecule has 1 rings (SSSR count). The van der Waals surface area contributed by atoms with Crippen molar-refractivity contribution in [1.82, 2.24) is 4.57 Å². The minimum Gasteiger partial charge on any atom is -0.478 e. The van der Waals surface area contributed by atoms with Gasteiger partial charge in [-0.05, 0) is 33.3 Å². The van der Waals surface area contributed by atoms with Crippen molar-refractivity contribution in [3.63, 3.8) is 0 Å². The summed E-state index contributed by atoms with van der Waals surface area (Å²) in [6.45, 7) is 8.00. The van der Waals surface area contributed by atoms with Gasteiger partial charge in [-0.1, -0.05) is 0 Å². The van der Waals surface area contributed by atoms with E-state index < -0.39 is 5.97 Å². The van der Waals surface area contributed by atoms with Crippen molar-refractivity contribution >= 4 is 5.97 Å². The van der Waals surface area contributed by atoms with Crippen LogP contribution in [0.4, 0.5) is 0 Å². The van der Waals surface area contributed by atoms with Crippen LogP contribution in [0, 0.1) is 13.8 Å². The Kier molecular flexibility index (Phi) is 4.55. The highest BCUT2D eigenvalue weighted by Gasteiger charge is 2.13. The van der Waals surface area contributed by atoms with Crippen LogP contribution in [-0.4, -0.2) is 28.9 Å². The summed E-state index contributed by atoms with van der Waals surface area (Å²) in [5, 5.41) is 8.98. The number of carboxylic acid groups (broad SMARTS) is 1. The van der Waals surface area contributed by atoms with Crippen molar-refractivity contribution in [3.05, 3.63) is 23.0 Å². The van der Waals surface area contributed by atoms with E-state index in [4.69, 9.17) is 9.84 Å². The van der Waals surface area contributed by atoms with Crippen molar-refractivity contribution in [3.8, 4) is 0 Å². The van der Waals surface area contributed by atoms with E-state index in [1.807, 2.05) is 25.3 Å². The fourth-order valence-corrected chi connectivity index (χ4v) is 1.83. The lowest BCUT2D eigenvalue weighted by Gasteiger charge is -2.09. The van der Waals surface area contributed by atoms with Crippen LogP contribution in [-0.2, 0) is 11.3 Å². The van der Waals surface area contributed by atoms with E-state index >= 15 is 0 Å². The topological polar surface area (TPSA) is 51.5 Å². The zero-order valence-corrected chi connectivity index (χ0v) is 10.1. The van der Waals surface area contributed by atoms with Gasteiger partial charge in [-0.2, -0.15) is 0 Å². The van der Waals surface area contributed by atoms with Gasteiger partial charge in [0.25, 0.3) is 0 Å². The Morgan fingerprint density at radius 2 is 2.19 bits per heavy atom. The molecule has 0 spiro atoms. The molecule has 0 aliphatic carbocycles. The molecular weight excluding hydrogens is 206 g/mol. The molecule has 0 radical (unpaired) electrons. The lowest BCUT2D eigenvalue weighted by atomic mass is 10.2. The minimum absolute atomic E-state index is 0.397. The van der Waals surface area contributed by atoms with E-state index in [1.165, 1.54) is 0 Å². The summed E-state index contributed by atoms with van der Waals surface area (Å²) in [7, 11) is 0. The third-order valence-corrected chi connectivity index (χ3v) is 2.68. The summed E-state index contributed by atoms with van der Waals surface area (Å²) in [5.41, 5.74) is 2.21. The highest BCUT2D eigenvalue weighted by atomic mass is 16.5. The molecule has 1 heterocycles. The largest absolute Gasteiger partial charge is 0.478 e. The molecule has 1 aromatic rings. The molecule has 0 aliphatic heterocycles. The average molecular weight is 225 g/mol. The maximum absolute atomic E-state index is 10.9. The van der Waals surface area contributed by atoms with E-state index in [0.29, 0.717) is 5.56 Å². The lowest BCUT2D eigenvalue weighted by molar-refractivity contribution is 0.0696. The number of aromatic carboxylic acids is 1. The summed E-state index contributed by atoms with van der Waals surface area (Å²) in [6.07, 6.45) is 0.906. The van der Waals surface area contributed by atoms with E-state index in [2.05, 4.69) is 0 Å². The molecule has 0 saturated carbocycles. The maximum atomic E-state index is 10.9. The number of hydrogen-bond donors (Lipinski definition) is 1. The first kappa shape index (κ1) is 12.8. The predicted molar refractivity (Wildman–Crippen MR) is 62.0 cm³/mol. The normalized spacial score (nSPS) is 10.7. The van der Waals surface area contributed by atoms with Gasteiger partial charge in [0, 0.05) is 31.1 Å². The second kappa shape index (κ2) is 5.70. The fourth-order valence-electron chi connectivity index (χ4n) is 1.83. The first-order chi connectivity index (χ1) is 7.57. The molecule has 1 aromatic heterocycles. The molecule has 0 unspecified atom stereocenters. The minimum atomic E-state index is -0.857. The van der Waals surface area contributed by atoms with Crippen LogP contribution in [0.1, 0.15) is 35.1 Å². The SMILES string of the molecule is CCOCCCn1c(C)cc(C(=O)O)c1C. The van der Waals surface area contributed by atoms with Gasteiger partial charge in [0.15, 0.2) is 0 Å². The predicted octanol–water partition coefficient (Wildman–Crippen LogP) is 2.23. The molecule has 0 atom stereocenters. The van der Waals surface area contributed by atoms with Crippen molar-refractivity contribution in [2.24, 2.45) is 0 Å². The van der Waals surface area contributed by atoms with Gasteiger partial charge in [0.2, 0.25) is 0 Å². The Labute approximate surface area is 95.8 Å². The smallest absolute Gasteiger partial charge is 0.337 e. The summed E-state index contributed by atoms with van der Waals surface area (Å²) >= 11 is 0. The summed E-state index contributed by atoms with van der Waals surface area (Å²) < 4.78 is 7.29. The third-order valence-electron chi connectivity index (χ3n) is 2.68.